The largest absolute Gasteiger partial charge is 0.325 e. The lowest BCUT2D eigenvalue weighted by molar-refractivity contribution is -0.115. The number of tetrazole rings is 1. The van der Waals surface area contributed by atoms with E-state index in [1.54, 1.807) is 16.8 Å². The summed E-state index contributed by atoms with van der Waals surface area (Å²) in [6, 6.07) is 15.1. The Morgan fingerprint density at radius 1 is 1.18 bits per heavy atom. The molecule has 1 amide bonds. The maximum atomic E-state index is 12.8. The van der Waals surface area contributed by atoms with Gasteiger partial charge in [0.15, 0.2) is 0 Å². The second kappa shape index (κ2) is 9.21. The highest BCUT2D eigenvalue weighted by Crippen LogP contribution is 2.28. The maximum Gasteiger partial charge on any atom is 0.237 e. The third-order valence-corrected chi connectivity index (χ3v) is 5.81. The number of nitrogens with zero attached hydrogens (tertiary/aromatic N) is 4. The molecular formula is C20H22ClN5OS. The molecule has 0 saturated carbocycles. The molecular weight excluding hydrogens is 394 g/mol. The van der Waals surface area contributed by atoms with Gasteiger partial charge in [-0.2, -0.15) is 4.68 Å². The van der Waals surface area contributed by atoms with Crippen molar-refractivity contribution in [3.05, 3.63) is 59.1 Å². The van der Waals surface area contributed by atoms with Crippen molar-refractivity contribution in [1.29, 1.82) is 0 Å². The van der Waals surface area contributed by atoms with Gasteiger partial charge in [0.2, 0.25) is 11.1 Å². The fourth-order valence-corrected chi connectivity index (χ4v) is 3.64. The van der Waals surface area contributed by atoms with E-state index in [1.165, 1.54) is 11.8 Å². The van der Waals surface area contributed by atoms with Crippen LogP contribution in [0.25, 0.3) is 5.69 Å². The average molecular weight is 416 g/mol. The number of nitrogens with one attached hydrogen (secondary N) is 1. The smallest absolute Gasteiger partial charge is 0.237 e. The molecule has 0 radical (unpaired) electrons. The van der Waals surface area contributed by atoms with Gasteiger partial charge in [0.05, 0.1) is 10.9 Å². The molecule has 0 saturated heterocycles. The van der Waals surface area contributed by atoms with Crippen LogP contribution in [0.1, 0.15) is 38.7 Å². The first-order valence-electron chi connectivity index (χ1n) is 9.10. The quantitative estimate of drug-likeness (QED) is 0.553. The third-order valence-electron chi connectivity index (χ3n) is 4.53. The molecule has 1 aromatic heterocycles. The van der Waals surface area contributed by atoms with Crippen LogP contribution in [0.4, 0.5) is 5.69 Å². The molecule has 2 aromatic carbocycles. The Kier molecular flexibility index (Phi) is 6.70. The van der Waals surface area contributed by atoms with Gasteiger partial charge in [-0.3, -0.25) is 4.79 Å². The Bertz CT molecular complexity index is 944. The van der Waals surface area contributed by atoms with E-state index in [4.69, 9.17) is 11.6 Å². The van der Waals surface area contributed by atoms with Crippen molar-refractivity contribution in [3.8, 4) is 5.69 Å². The molecule has 0 bridgehead atoms. The van der Waals surface area contributed by atoms with E-state index < -0.39 is 0 Å². The zero-order valence-corrected chi connectivity index (χ0v) is 17.5. The molecule has 0 aliphatic heterocycles. The lowest BCUT2D eigenvalue weighted by Gasteiger charge is -2.17. The number of para-hydroxylation sites is 1. The lowest BCUT2D eigenvalue weighted by Crippen LogP contribution is -2.23. The molecule has 28 heavy (non-hydrogen) atoms. The van der Waals surface area contributed by atoms with Crippen LogP contribution in [0, 0.1) is 0 Å². The van der Waals surface area contributed by atoms with Crippen LogP contribution in [0.5, 0.6) is 0 Å². The summed E-state index contributed by atoms with van der Waals surface area (Å²) in [6.07, 6.45) is 1.01. The van der Waals surface area contributed by atoms with Gasteiger partial charge in [-0.25, -0.2) is 0 Å². The minimum Gasteiger partial charge on any atom is -0.325 e. The summed E-state index contributed by atoms with van der Waals surface area (Å²) >= 11 is 7.25. The van der Waals surface area contributed by atoms with Gasteiger partial charge >= 0.3 is 0 Å². The zero-order chi connectivity index (χ0) is 20.1. The second-order valence-corrected chi connectivity index (χ2v) is 8.24. The van der Waals surface area contributed by atoms with Crippen molar-refractivity contribution in [3.63, 3.8) is 0 Å². The van der Waals surface area contributed by atoms with Gasteiger partial charge in [0.25, 0.3) is 0 Å². The highest BCUT2D eigenvalue weighted by molar-refractivity contribution is 8.00. The molecule has 1 N–H and O–H groups in total. The molecule has 0 fully saturated rings. The molecule has 0 aliphatic carbocycles. The van der Waals surface area contributed by atoms with Crippen molar-refractivity contribution >= 4 is 35.0 Å². The third kappa shape index (κ3) is 4.72. The second-order valence-electron chi connectivity index (χ2n) is 6.50. The zero-order valence-electron chi connectivity index (χ0n) is 16.0. The fourth-order valence-electron chi connectivity index (χ4n) is 2.70. The molecule has 1 heterocycles. The number of aromatic nitrogens is 4. The van der Waals surface area contributed by atoms with Crippen LogP contribution in [-0.2, 0) is 4.79 Å². The van der Waals surface area contributed by atoms with Crippen molar-refractivity contribution in [2.45, 2.75) is 43.5 Å². The van der Waals surface area contributed by atoms with E-state index in [9.17, 15) is 4.79 Å². The lowest BCUT2D eigenvalue weighted by atomic mass is 9.97. The fraction of sp³-hybridized carbons (Fsp3) is 0.300. The van der Waals surface area contributed by atoms with Gasteiger partial charge in [-0.1, -0.05) is 55.4 Å². The predicted molar refractivity (Wildman–Crippen MR) is 113 cm³/mol. The molecule has 146 valence electrons. The molecule has 0 unspecified atom stereocenters. The first-order chi connectivity index (χ1) is 13.5. The minimum absolute atomic E-state index is 0.0913. The van der Waals surface area contributed by atoms with E-state index >= 15 is 0 Å². The minimum atomic E-state index is -0.373. The number of anilines is 1. The predicted octanol–water partition coefficient (Wildman–Crippen LogP) is 4.95. The van der Waals surface area contributed by atoms with Crippen molar-refractivity contribution in [2.75, 3.05) is 5.32 Å². The summed E-state index contributed by atoms with van der Waals surface area (Å²) in [4.78, 5) is 12.8. The van der Waals surface area contributed by atoms with Crippen LogP contribution in [0.2, 0.25) is 5.02 Å². The maximum absolute atomic E-state index is 12.8. The van der Waals surface area contributed by atoms with Gasteiger partial charge < -0.3 is 5.32 Å². The van der Waals surface area contributed by atoms with Crippen molar-refractivity contribution in [2.24, 2.45) is 0 Å². The first kappa shape index (κ1) is 20.4. The first-order valence-corrected chi connectivity index (χ1v) is 10.4. The number of amides is 1. The van der Waals surface area contributed by atoms with Crippen LogP contribution in [0.3, 0.4) is 0 Å². The van der Waals surface area contributed by atoms with Crippen LogP contribution < -0.4 is 5.32 Å². The average Bonchev–Trinajstić information content (AvgIpc) is 3.16. The summed E-state index contributed by atoms with van der Waals surface area (Å²) in [5.74, 6) is 0.281. The molecule has 6 nitrogen and oxygen atoms in total. The number of carbonyl (C=O) groups excluding carboxylic acids is 1. The molecule has 8 heteroatoms. The number of hydrogen-bond acceptors (Lipinski definition) is 5. The number of halogens is 1. The molecule has 3 rings (SSSR count). The number of carbonyl (C=O) groups is 1. The van der Waals surface area contributed by atoms with Crippen LogP contribution in [0.15, 0.2) is 53.7 Å². The monoisotopic (exact) mass is 415 g/mol. The van der Waals surface area contributed by atoms with Crippen LogP contribution in [-0.4, -0.2) is 31.4 Å². The highest BCUT2D eigenvalue weighted by Gasteiger charge is 2.20. The summed E-state index contributed by atoms with van der Waals surface area (Å²) in [7, 11) is 0. The molecule has 3 aromatic rings. The van der Waals surface area contributed by atoms with E-state index in [2.05, 4.69) is 40.8 Å². The topological polar surface area (TPSA) is 72.7 Å². The number of rotatable bonds is 7. The van der Waals surface area contributed by atoms with Crippen molar-refractivity contribution < 1.29 is 4.79 Å². The van der Waals surface area contributed by atoms with Gasteiger partial charge in [-0.15, -0.1) is 5.10 Å². The summed E-state index contributed by atoms with van der Waals surface area (Å²) in [5, 5.41) is 15.7. The molecule has 2 atom stereocenters. The van der Waals surface area contributed by atoms with E-state index in [-0.39, 0.29) is 11.2 Å². The SMILES string of the molecule is CC[C@@H](C)c1ccccc1NC(=O)[C@H](C)Sc1nnnn1-c1ccc(Cl)cc1. The van der Waals surface area contributed by atoms with Crippen molar-refractivity contribution in [1.82, 2.24) is 20.2 Å². The van der Waals surface area contributed by atoms with Crippen LogP contribution >= 0.6 is 23.4 Å². The molecule has 0 aliphatic rings. The molecule has 0 spiro atoms. The summed E-state index contributed by atoms with van der Waals surface area (Å²) in [6.45, 7) is 6.13. The van der Waals surface area contributed by atoms with E-state index in [0.29, 0.717) is 16.1 Å². The number of hydrogen-bond donors (Lipinski definition) is 1. The summed E-state index contributed by atoms with van der Waals surface area (Å²) in [5.41, 5.74) is 2.78. The number of benzene rings is 2. The Morgan fingerprint density at radius 2 is 1.89 bits per heavy atom. The van der Waals surface area contributed by atoms with Gasteiger partial charge in [0.1, 0.15) is 0 Å². The Balaban J connectivity index is 1.73. The summed E-state index contributed by atoms with van der Waals surface area (Å²) < 4.78 is 1.60. The van der Waals surface area contributed by atoms with E-state index in [0.717, 1.165) is 23.4 Å². The normalized spacial score (nSPS) is 13.1. The highest BCUT2D eigenvalue weighted by atomic mass is 35.5. The Hall–Kier alpha value is -2.38. The van der Waals surface area contributed by atoms with Gasteiger partial charge in [0, 0.05) is 10.7 Å². The van der Waals surface area contributed by atoms with Gasteiger partial charge in [-0.05, 0) is 65.6 Å². The Morgan fingerprint density at radius 3 is 2.61 bits per heavy atom. The standard InChI is InChI=1S/C20H22ClN5OS/c1-4-13(2)17-7-5-6-8-18(17)22-19(27)14(3)28-20-23-24-25-26(20)16-11-9-15(21)10-12-16/h5-14H,4H2,1-3H3,(H,22,27)/t13-,14+/m1/s1. The Labute approximate surface area is 173 Å². The number of thioether (sulfide) groups is 1. The van der Waals surface area contributed by atoms with E-state index in [1.807, 2.05) is 37.3 Å².